The molecule has 1 aromatic carbocycles. The summed E-state index contributed by atoms with van der Waals surface area (Å²) in [5, 5.41) is 3.84. The van der Waals surface area contributed by atoms with E-state index in [4.69, 9.17) is 0 Å². The van der Waals surface area contributed by atoms with E-state index in [1.165, 1.54) is 23.5 Å². The number of halogens is 3. The molecule has 0 unspecified atom stereocenters. The zero-order chi connectivity index (χ0) is 14.6. The standard InChI is InChI=1S/C14H15F3N2S/c1-18-8-2-3-12-9-19-13(20-12)10-4-6-11(7-5-10)14(15,16)17/h4-7,9,18H,2-3,8H2,1H3. The Morgan fingerprint density at radius 2 is 1.90 bits per heavy atom. The SMILES string of the molecule is CNCCCc1cnc(-c2ccc(C(F)(F)F)cc2)s1. The fraction of sp³-hybridized carbons (Fsp3) is 0.357. The van der Waals surface area contributed by atoms with E-state index in [0.29, 0.717) is 0 Å². The molecule has 0 bridgehead atoms. The number of hydrogen-bond donors (Lipinski definition) is 1. The largest absolute Gasteiger partial charge is 0.416 e. The van der Waals surface area contributed by atoms with E-state index in [1.54, 1.807) is 6.20 Å². The fourth-order valence-electron chi connectivity index (χ4n) is 1.80. The maximum Gasteiger partial charge on any atom is 0.416 e. The molecule has 0 aliphatic rings. The first-order valence-corrected chi connectivity index (χ1v) is 7.09. The Bertz CT molecular complexity index is 546. The van der Waals surface area contributed by atoms with Crippen LogP contribution in [0, 0.1) is 0 Å². The van der Waals surface area contributed by atoms with Crippen LogP contribution in [-0.2, 0) is 12.6 Å². The van der Waals surface area contributed by atoms with E-state index < -0.39 is 11.7 Å². The third-order valence-electron chi connectivity index (χ3n) is 2.86. The molecule has 0 amide bonds. The number of aryl methyl sites for hydroxylation is 1. The van der Waals surface area contributed by atoms with Gasteiger partial charge in [-0.15, -0.1) is 11.3 Å². The van der Waals surface area contributed by atoms with Crippen LogP contribution < -0.4 is 5.32 Å². The summed E-state index contributed by atoms with van der Waals surface area (Å²) in [7, 11) is 1.90. The van der Waals surface area contributed by atoms with Gasteiger partial charge in [0.1, 0.15) is 5.01 Å². The first-order valence-electron chi connectivity index (χ1n) is 6.27. The van der Waals surface area contributed by atoms with Gasteiger partial charge >= 0.3 is 6.18 Å². The molecular weight excluding hydrogens is 285 g/mol. The normalized spacial score (nSPS) is 11.8. The number of aromatic nitrogens is 1. The van der Waals surface area contributed by atoms with Crippen LogP contribution in [0.5, 0.6) is 0 Å². The van der Waals surface area contributed by atoms with Gasteiger partial charge in [-0.25, -0.2) is 4.98 Å². The lowest BCUT2D eigenvalue weighted by molar-refractivity contribution is -0.137. The minimum Gasteiger partial charge on any atom is -0.320 e. The molecule has 0 fully saturated rings. The van der Waals surface area contributed by atoms with Gasteiger partial charge in [0.15, 0.2) is 0 Å². The van der Waals surface area contributed by atoms with Crippen molar-refractivity contribution in [2.24, 2.45) is 0 Å². The van der Waals surface area contributed by atoms with E-state index in [-0.39, 0.29) is 0 Å². The fourth-order valence-corrected chi connectivity index (χ4v) is 2.76. The second kappa shape index (κ2) is 6.37. The van der Waals surface area contributed by atoms with E-state index in [2.05, 4.69) is 10.3 Å². The summed E-state index contributed by atoms with van der Waals surface area (Å²) in [4.78, 5) is 5.42. The highest BCUT2D eigenvalue weighted by molar-refractivity contribution is 7.15. The third-order valence-corrected chi connectivity index (χ3v) is 3.97. The van der Waals surface area contributed by atoms with Gasteiger partial charge < -0.3 is 5.32 Å². The van der Waals surface area contributed by atoms with Crippen LogP contribution in [0.15, 0.2) is 30.5 Å². The van der Waals surface area contributed by atoms with Crippen molar-refractivity contribution in [2.75, 3.05) is 13.6 Å². The summed E-state index contributed by atoms with van der Waals surface area (Å²) < 4.78 is 37.4. The minimum atomic E-state index is -4.29. The second-order valence-corrected chi connectivity index (χ2v) is 5.53. The van der Waals surface area contributed by atoms with E-state index in [1.807, 2.05) is 7.05 Å². The molecule has 2 rings (SSSR count). The number of thiazole rings is 1. The predicted molar refractivity (Wildman–Crippen MR) is 74.8 cm³/mol. The average Bonchev–Trinajstić information content (AvgIpc) is 2.87. The molecule has 0 saturated carbocycles. The van der Waals surface area contributed by atoms with Gasteiger partial charge in [0.2, 0.25) is 0 Å². The van der Waals surface area contributed by atoms with Crippen molar-refractivity contribution in [3.63, 3.8) is 0 Å². The molecule has 0 spiro atoms. The number of nitrogens with one attached hydrogen (secondary N) is 1. The Hall–Kier alpha value is -1.40. The molecule has 108 valence electrons. The average molecular weight is 300 g/mol. The summed E-state index contributed by atoms with van der Waals surface area (Å²) in [6.45, 7) is 0.938. The zero-order valence-corrected chi connectivity index (χ0v) is 11.8. The van der Waals surface area contributed by atoms with Gasteiger partial charge in [0.25, 0.3) is 0 Å². The monoisotopic (exact) mass is 300 g/mol. The van der Waals surface area contributed by atoms with Crippen molar-refractivity contribution in [1.82, 2.24) is 10.3 Å². The van der Waals surface area contributed by atoms with Gasteiger partial charge in [-0.1, -0.05) is 12.1 Å². The highest BCUT2D eigenvalue weighted by atomic mass is 32.1. The van der Waals surface area contributed by atoms with E-state index in [9.17, 15) is 13.2 Å². The number of alkyl halides is 3. The van der Waals surface area contributed by atoms with Crippen molar-refractivity contribution >= 4 is 11.3 Å². The molecule has 0 radical (unpaired) electrons. The molecule has 1 N–H and O–H groups in total. The molecule has 2 nitrogen and oxygen atoms in total. The van der Waals surface area contributed by atoms with Crippen molar-refractivity contribution in [2.45, 2.75) is 19.0 Å². The molecule has 2 aromatic rings. The van der Waals surface area contributed by atoms with E-state index >= 15 is 0 Å². The van der Waals surface area contributed by atoms with Gasteiger partial charge in [0.05, 0.1) is 5.56 Å². The third kappa shape index (κ3) is 3.80. The van der Waals surface area contributed by atoms with Crippen molar-refractivity contribution < 1.29 is 13.2 Å². The first kappa shape index (κ1) is 15.0. The second-order valence-electron chi connectivity index (χ2n) is 4.41. The maximum atomic E-state index is 12.5. The summed E-state index contributed by atoms with van der Waals surface area (Å²) in [5.74, 6) is 0. The lowest BCUT2D eigenvalue weighted by atomic mass is 10.1. The molecule has 1 heterocycles. The summed E-state index contributed by atoms with van der Waals surface area (Å²) in [5.41, 5.74) is 0.0925. The van der Waals surface area contributed by atoms with Crippen LogP contribution in [0.4, 0.5) is 13.2 Å². The topological polar surface area (TPSA) is 24.9 Å². The van der Waals surface area contributed by atoms with Crippen LogP contribution in [-0.4, -0.2) is 18.6 Å². The lowest BCUT2D eigenvalue weighted by Gasteiger charge is -2.06. The number of benzene rings is 1. The lowest BCUT2D eigenvalue weighted by Crippen LogP contribution is -2.07. The molecule has 0 saturated heterocycles. The van der Waals surface area contributed by atoms with Crippen LogP contribution >= 0.6 is 11.3 Å². The molecule has 6 heteroatoms. The smallest absolute Gasteiger partial charge is 0.320 e. The van der Waals surface area contributed by atoms with Crippen LogP contribution in [0.2, 0.25) is 0 Å². The van der Waals surface area contributed by atoms with Crippen LogP contribution in [0.1, 0.15) is 16.9 Å². The van der Waals surface area contributed by atoms with Crippen molar-refractivity contribution in [3.05, 3.63) is 40.9 Å². The maximum absolute atomic E-state index is 12.5. The predicted octanol–water partition coefficient (Wildman–Crippen LogP) is 3.98. The zero-order valence-electron chi connectivity index (χ0n) is 11.0. The Kier molecular flexibility index (Phi) is 4.77. The van der Waals surface area contributed by atoms with E-state index in [0.717, 1.165) is 47.0 Å². The van der Waals surface area contributed by atoms with Crippen molar-refractivity contribution in [3.8, 4) is 10.6 Å². The molecule has 1 aromatic heterocycles. The van der Waals surface area contributed by atoms with Gasteiger partial charge in [0, 0.05) is 16.6 Å². The van der Waals surface area contributed by atoms with Gasteiger partial charge in [-0.05, 0) is 38.6 Å². The highest BCUT2D eigenvalue weighted by Gasteiger charge is 2.30. The number of hydrogen-bond acceptors (Lipinski definition) is 3. The Morgan fingerprint density at radius 1 is 1.20 bits per heavy atom. The molecule has 0 aliphatic carbocycles. The molecular formula is C14H15F3N2S. The highest BCUT2D eigenvalue weighted by Crippen LogP contribution is 2.32. The van der Waals surface area contributed by atoms with Crippen LogP contribution in [0.25, 0.3) is 10.6 Å². The summed E-state index contributed by atoms with van der Waals surface area (Å²) in [6, 6.07) is 5.13. The Balaban J connectivity index is 2.08. The van der Waals surface area contributed by atoms with Gasteiger partial charge in [-0.2, -0.15) is 13.2 Å². The Morgan fingerprint density at radius 3 is 2.50 bits per heavy atom. The summed E-state index contributed by atoms with van der Waals surface area (Å²) >= 11 is 1.53. The first-order chi connectivity index (χ1) is 9.50. The minimum absolute atomic E-state index is 0.632. The molecule has 0 atom stereocenters. The Labute approximate surface area is 119 Å². The number of nitrogens with zero attached hydrogens (tertiary/aromatic N) is 1. The molecule has 20 heavy (non-hydrogen) atoms. The summed E-state index contributed by atoms with van der Waals surface area (Å²) in [6.07, 6.45) is -0.544. The van der Waals surface area contributed by atoms with Gasteiger partial charge in [-0.3, -0.25) is 0 Å². The van der Waals surface area contributed by atoms with Crippen molar-refractivity contribution in [1.29, 1.82) is 0 Å². The number of rotatable bonds is 5. The van der Waals surface area contributed by atoms with Crippen LogP contribution in [0.3, 0.4) is 0 Å². The quantitative estimate of drug-likeness (QED) is 0.845. The molecule has 0 aliphatic heterocycles.